The molecule has 2 heterocycles. The fourth-order valence-corrected chi connectivity index (χ4v) is 3.32. The van der Waals surface area contributed by atoms with Crippen molar-refractivity contribution in [1.29, 1.82) is 0 Å². The Hall–Kier alpha value is -2.16. The number of carbonyl (C=O) groups excluding carboxylic acids is 1. The minimum atomic E-state index is -4.18. The second-order valence-corrected chi connectivity index (χ2v) is 6.99. The summed E-state index contributed by atoms with van der Waals surface area (Å²) in [5.74, 6) is 1.34. The maximum atomic E-state index is 12.4. The van der Waals surface area contributed by atoms with E-state index >= 15 is 0 Å². The number of carbonyl (C=O) groups is 1. The first-order valence-corrected chi connectivity index (χ1v) is 8.99. The first-order chi connectivity index (χ1) is 12.8. The first-order valence-electron chi connectivity index (χ1n) is 8.99. The highest BCUT2D eigenvalue weighted by Gasteiger charge is 2.33. The summed E-state index contributed by atoms with van der Waals surface area (Å²) < 4.78 is 48.8. The van der Waals surface area contributed by atoms with Crippen molar-refractivity contribution in [2.45, 2.75) is 31.2 Å². The smallest absolute Gasteiger partial charge is 0.401 e. The van der Waals surface area contributed by atoms with Gasteiger partial charge in [0.05, 0.1) is 13.1 Å². The van der Waals surface area contributed by atoms with Crippen molar-refractivity contribution in [3.05, 3.63) is 24.3 Å². The van der Waals surface area contributed by atoms with Crippen molar-refractivity contribution in [2.24, 2.45) is 0 Å². The SMILES string of the molecule is CN(CC1COc2ccccc2O1)C(=O)NC1CCN(CC(F)(F)F)CC1. The minimum Gasteiger partial charge on any atom is -0.486 e. The van der Waals surface area contributed by atoms with E-state index in [1.165, 1.54) is 9.80 Å². The molecule has 1 aromatic carbocycles. The molecule has 1 N–H and O–H groups in total. The van der Waals surface area contributed by atoms with Crippen LogP contribution in [-0.4, -0.2) is 74.0 Å². The molecular weight excluding hydrogens is 363 g/mol. The van der Waals surface area contributed by atoms with E-state index in [0.29, 0.717) is 50.6 Å². The normalized spacial score (nSPS) is 21.0. The predicted octanol–water partition coefficient (Wildman–Crippen LogP) is 2.49. The molecule has 1 saturated heterocycles. The lowest BCUT2D eigenvalue weighted by molar-refractivity contribution is -0.148. The van der Waals surface area contributed by atoms with Gasteiger partial charge in [-0.3, -0.25) is 4.90 Å². The lowest BCUT2D eigenvalue weighted by Gasteiger charge is -2.34. The van der Waals surface area contributed by atoms with E-state index in [9.17, 15) is 18.0 Å². The average molecular weight is 387 g/mol. The van der Waals surface area contributed by atoms with Crippen LogP contribution in [0.15, 0.2) is 24.3 Å². The summed E-state index contributed by atoms with van der Waals surface area (Å²) in [5.41, 5.74) is 0. The zero-order valence-electron chi connectivity index (χ0n) is 15.2. The van der Waals surface area contributed by atoms with E-state index in [0.717, 1.165) is 0 Å². The zero-order valence-corrected chi connectivity index (χ0v) is 15.2. The third-order valence-electron chi connectivity index (χ3n) is 4.71. The summed E-state index contributed by atoms with van der Waals surface area (Å²) in [6, 6.07) is 6.98. The van der Waals surface area contributed by atoms with Crippen LogP contribution in [0.3, 0.4) is 0 Å². The Balaban J connectivity index is 1.41. The largest absolute Gasteiger partial charge is 0.486 e. The second-order valence-electron chi connectivity index (χ2n) is 6.99. The molecular formula is C18H24F3N3O3. The van der Waals surface area contributed by atoms with Gasteiger partial charge in [-0.25, -0.2) is 4.79 Å². The Kier molecular flexibility index (Phi) is 5.98. The van der Waals surface area contributed by atoms with Gasteiger partial charge >= 0.3 is 12.2 Å². The van der Waals surface area contributed by atoms with Gasteiger partial charge in [-0.15, -0.1) is 0 Å². The number of para-hydroxylation sites is 2. The summed E-state index contributed by atoms with van der Waals surface area (Å²) in [4.78, 5) is 15.3. The van der Waals surface area contributed by atoms with Gasteiger partial charge in [-0.2, -0.15) is 13.2 Å². The van der Waals surface area contributed by atoms with Crippen molar-refractivity contribution in [1.82, 2.24) is 15.1 Å². The number of rotatable bonds is 4. The third-order valence-corrected chi connectivity index (χ3v) is 4.71. The molecule has 2 amide bonds. The van der Waals surface area contributed by atoms with E-state index in [-0.39, 0.29) is 18.2 Å². The van der Waals surface area contributed by atoms with Crippen molar-refractivity contribution >= 4 is 6.03 Å². The standard InChI is InChI=1S/C18H24F3N3O3/c1-23(10-14-11-26-15-4-2-3-5-16(15)27-14)17(25)22-13-6-8-24(9-7-13)12-18(19,20)21/h2-5,13-14H,6-12H2,1H3,(H,22,25). The lowest BCUT2D eigenvalue weighted by atomic mass is 10.1. The Labute approximate surface area is 156 Å². The Morgan fingerprint density at radius 2 is 1.93 bits per heavy atom. The number of urea groups is 1. The van der Waals surface area contributed by atoms with E-state index in [2.05, 4.69) is 5.32 Å². The van der Waals surface area contributed by atoms with Crippen LogP contribution in [0.25, 0.3) is 0 Å². The summed E-state index contributed by atoms with van der Waals surface area (Å²) >= 11 is 0. The summed E-state index contributed by atoms with van der Waals surface area (Å²) in [5, 5.41) is 2.89. The van der Waals surface area contributed by atoms with Crippen molar-refractivity contribution in [3.8, 4) is 11.5 Å². The van der Waals surface area contributed by atoms with Crippen LogP contribution in [0, 0.1) is 0 Å². The molecule has 0 bridgehead atoms. The fourth-order valence-electron chi connectivity index (χ4n) is 3.32. The number of alkyl halides is 3. The summed E-state index contributed by atoms with van der Waals surface area (Å²) in [6.07, 6.45) is -3.45. The molecule has 1 atom stereocenters. The van der Waals surface area contributed by atoms with Gasteiger partial charge in [-0.05, 0) is 25.0 Å². The first kappa shape index (κ1) is 19.6. The maximum absolute atomic E-state index is 12.4. The highest BCUT2D eigenvalue weighted by molar-refractivity contribution is 5.74. The number of likely N-dealkylation sites (tertiary alicyclic amines) is 1. The van der Waals surface area contributed by atoms with E-state index in [1.807, 2.05) is 24.3 Å². The van der Waals surface area contributed by atoms with Crippen LogP contribution in [-0.2, 0) is 0 Å². The highest BCUT2D eigenvalue weighted by atomic mass is 19.4. The number of piperidine rings is 1. The van der Waals surface area contributed by atoms with Crippen LogP contribution >= 0.6 is 0 Å². The molecule has 1 aromatic rings. The van der Waals surface area contributed by atoms with Gasteiger partial charge in [0.25, 0.3) is 0 Å². The topological polar surface area (TPSA) is 54.0 Å². The highest BCUT2D eigenvalue weighted by Crippen LogP contribution is 2.31. The van der Waals surface area contributed by atoms with Crippen LogP contribution in [0.2, 0.25) is 0 Å². The van der Waals surface area contributed by atoms with Gasteiger partial charge in [-0.1, -0.05) is 12.1 Å². The van der Waals surface area contributed by atoms with Gasteiger partial charge in [0.15, 0.2) is 17.6 Å². The summed E-state index contributed by atoms with van der Waals surface area (Å²) in [6.45, 7) is 0.459. The molecule has 0 spiro atoms. The van der Waals surface area contributed by atoms with Gasteiger partial charge in [0, 0.05) is 26.2 Å². The molecule has 9 heteroatoms. The summed E-state index contributed by atoms with van der Waals surface area (Å²) in [7, 11) is 1.66. The lowest BCUT2D eigenvalue weighted by Crippen LogP contribution is -2.51. The molecule has 150 valence electrons. The van der Waals surface area contributed by atoms with Crippen molar-refractivity contribution < 1.29 is 27.4 Å². The Morgan fingerprint density at radius 3 is 2.59 bits per heavy atom. The van der Waals surface area contributed by atoms with Gasteiger partial charge in [0.1, 0.15) is 6.61 Å². The quantitative estimate of drug-likeness (QED) is 0.863. The average Bonchev–Trinajstić information content (AvgIpc) is 2.62. The predicted molar refractivity (Wildman–Crippen MR) is 93.0 cm³/mol. The van der Waals surface area contributed by atoms with Crippen molar-refractivity contribution in [2.75, 3.05) is 39.8 Å². The Bertz CT molecular complexity index is 648. The number of nitrogens with zero attached hydrogens (tertiary/aromatic N) is 2. The van der Waals surface area contributed by atoms with E-state index < -0.39 is 12.7 Å². The number of hydrogen-bond donors (Lipinski definition) is 1. The molecule has 0 aliphatic carbocycles. The second kappa shape index (κ2) is 8.24. The molecule has 1 unspecified atom stereocenters. The number of amides is 2. The van der Waals surface area contributed by atoms with Crippen LogP contribution in [0.1, 0.15) is 12.8 Å². The van der Waals surface area contributed by atoms with Crippen LogP contribution < -0.4 is 14.8 Å². The van der Waals surface area contributed by atoms with Crippen LogP contribution in [0.5, 0.6) is 11.5 Å². The van der Waals surface area contributed by atoms with Crippen molar-refractivity contribution in [3.63, 3.8) is 0 Å². The minimum absolute atomic E-state index is 0.117. The number of halogens is 3. The fraction of sp³-hybridized carbons (Fsp3) is 0.611. The molecule has 6 nitrogen and oxygen atoms in total. The molecule has 2 aliphatic rings. The van der Waals surface area contributed by atoms with E-state index in [1.54, 1.807) is 7.05 Å². The number of benzene rings is 1. The molecule has 0 saturated carbocycles. The molecule has 1 fully saturated rings. The zero-order chi connectivity index (χ0) is 19.4. The Morgan fingerprint density at radius 1 is 1.26 bits per heavy atom. The number of likely N-dealkylation sites (N-methyl/N-ethyl adjacent to an activating group) is 1. The molecule has 0 radical (unpaired) electrons. The van der Waals surface area contributed by atoms with Gasteiger partial charge < -0.3 is 19.7 Å². The molecule has 0 aromatic heterocycles. The number of nitrogens with one attached hydrogen (secondary N) is 1. The maximum Gasteiger partial charge on any atom is 0.401 e. The number of ether oxygens (including phenoxy) is 2. The number of hydrogen-bond acceptors (Lipinski definition) is 4. The van der Waals surface area contributed by atoms with Gasteiger partial charge in [0.2, 0.25) is 0 Å². The monoisotopic (exact) mass is 387 g/mol. The third kappa shape index (κ3) is 5.66. The van der Waals surface area contributed by atoms with Crippen LogP contribution in [0.4, 0.5) is 18.0 Å². The van der Waals surface area contributed by atoms with E-state index in [4.69, 9.17) is 9.47 Å². The number of fused-ring (bicyclic) bond motifs is 1. The molecule has 2 aliphatic heterocycles. The molecule has 3 rings (SSSR count). The molecule has 27 heavy (non-hydrogen) atoms.